The Bertz CT molecular complexity index is 76.2. The molecule has 0 heterocycles. The van der Waals surface area contributed by atoms with Gasteiger partial charge in [-0.25, -0.2) is 0 Å². The zero-order valence-corrected chi connectivity index (χ0v) is 7.03. The fourth-order valence-electron chi connectivity index (χ4n) is 0.840. The van der Waals surface area contributed by atoms with Crippen LogP contribution < -0.4 is 0 Å². The van der Waals surface area contributed by atoms with Gasteiger partial charge in [-0.3, -0.25) is 0 Å². The van der Waals surface area contributed by atoms with E-state index in [2.05, 4.69) is 36.4 Å². The molecule has 0 aromatic heterocycles. The summed E-state index contributed by atoms with van der Waals surface area (Å²) in [7, 11) is 0. The lowest BCUT2D eigenvalue weighted by Gasteiger charge is -1.94. The first-order valence-electron chi connectivity index (χ1n) is 2.73. The van der Waals surface area contributed by atoms with E-state index in [4.69, 9.17) is 0 Å². The van der Waals surface area contributed by atoms with Crippen molar-refractivity contribution in [2.45, 2.75) is 20.3 Å². The Morgan fingerprint density at radius 1 is 1.71 bits per heavy atom. The Morgan fingerprint density at radius 3 is 2.14 bits per heavy atom. The summed E-state index contributed by atoms with van der Waals surface area (Å²) in [6.07, 6.45) is 1.45. The molecule has 0 aliphatic heterocycles. The number of hydrogen-bond donors (Lipinski definition) is 0. The highest BCUT2D eigenvalue weighted by Gasteiger charge is 2.44. The molecular formula is C6H11I. The molecule has 0 radical (unpaired) electrons. The quantitative estimate of drug-likeness (QED) is 0.460. The third kappa shape index (κ3) is 1.09. The second-order valence-electron chi connectivity index (χ2n) is 3.04. The van der Waals surface area contributed by atoms with Gasteiger partial charge < -0.3 is 0 Å². The highest BCUT2D eigenvalue weighted by Crippen LogP contribution is 2.52. The van der Waals surface area contributed by atoms with Gasteiger partial charge in [0.2, 0.25) is 0 Å². The summed E-state index contributed by atoms with van der Waals surface area (Å²) in [5.41, 5.74) is 0.710. The van der Waals surface area contributed by atoms with Crippen LogP contribution in [0, 0.1) is 11.3 Å². The Morgan fingerprint density at radius 2 is 2.14 bits per heavy atom. The van der Waals surface area contributed by atoms with Crippen LogP contribution in [0.25, 0.3) is 0 Å². The maximum Gasteiger partial charge on any atom is 0.00290 e. The summed E-state index contributed by atoms with van der Waals surface area (Å²) in [5.74, 6) is 1.04. The van der Waals surface area contributed by atoms with Gasteiger partial charge in [-0.2, -0.15) is 0 Å². The molecule has 0 nitrogen and oxygen atoms in total. The van der Waals surface area contributed by atoms with Crippen LogP contribution in [0.5, 0.6) is 0 Å². The number of hydrogen-bond acceptors (Lipinski definition) is 0. The normalized spacial score (nSPS) is 35.6. The Kier molecular flexibility index (Phi) is 1.34. The lowest BCUT2D eigenvalue weighted by Crippen LogP contribution is -1.88. The smallest absolute Gasteiger partial charge is 0.00290 e. The molecule has 1 heteroatoms. The van der Waals surface area contributed by atoms with Crippen molar-refractivity contribution in [2.75, 3.05) is 4.43 Å². The third-order valence-corrected chi connectivity index (χ3v) is 2.97. The standard InChI is InChI=1S/C6H11I/c1-6(2)3-5(6)4-7/h5H,3-4H2,1-2H3/t5-/m0/s1. The van der Waals surface area contributed by atoms with E-state index >= 15 is 0 Å². The molecule has 0 unspecified atom stereocenters. The minimum absolute atomic E-state index is 0.710. The second-order valence-corrected chi connectivity index (χ2v) is 3.92. The first-order chi connectivity index (χ1) is 3.17. The number of alkyl halides is 1. The molecule has 42 valence electrons. The summed E-state index contributed by atoms with van der Waals surface area (Å²) in [4.78, 5) is 0. The van der Waals surface area contributed by atoms with Crippen LogP contribution in [0.15, 0.2) is 0 Å². The van der Waals surface area contributed by atoms with E-state index in [0.717, 1.165) is 5.92 Å². The van der Waals surface area contributed by atoms with E-state index < -0.39 is 0 Å². The highest BCUT2D eigenvalue weighted by atomic mass is 127. The molecule has 0 aromatic rings. The molecule has 0 N–H and O–H groups in total. The fourth-order valence-corrected chi connectivity index (χ4v) is 2.34. The molecule has 0 spiro atoms. The van der Waals surface area contributed by atoms with Crippen LogP contribution in [0.4, 0.5) is 0 Å². The number of halogens is 1. The van der Waals surface area contributed by atoms with Crippen LogP contribution in [0.3, 0.4) is 0 Å². The van der Waals surface area contributed by atoms with Crippen LogP contribution in [0.1, 0.15) is 20.3 Å². The lowest BCUT2D eigenvalue weighted by molar-refractivity contribution is 0.593. The molecule has 1 atom stereocenters. The molecular weight excluding hydrogens is 199 g/mol. The molecule has 0 aromatic carbocycles. The average Bonchev–Trinajstić information content (AvgIpc) is 2.13. The van der Waals surface area contributed by atoms with Crippen LogP contribution in [-0.4, -0.2) is 4.43 Å². The second kappa shape index (κ2) is 1.61. The Labute approximate surface area is 58.8 Å². The van der Waals surface area contributed by atoms with Gasteiger partial charge in [0.1, 0.15) is 0 Å². The molecule has 7 heavy (non-hydrogen) atoms. The molecule has 1 aliphatic carbocycles. The van der Waals surface area contributed by atoms with E-state index in [1.54, 1.807) is 0 Å². The summed E-state index contributed by atoms with van der Waals surface area (Å²) in [6, 6.07) is 0. The predicted octanol–water partition coefficient (Wildman–Crippen LogP) is 2.47. The van der Waals surface area contributed by atoms with E-state index in [9.17, 15) is 0 Å². The van der Waals surface area contributed by atoms with Gasteiger partial charge in [-0.15, -0.1) is 0 Å². The molecule has 1 saturated carbocycles. The highest BCUT2D eigenvalue weighted by molar-refractivity contribution is 14.1. The van der Waals surface area contributed by atoms with Crippen molar-refractivity contribution in [1.29, 1.82) is 0 Å². The van der Waals surface area contributed by atoms with Crippen molar-refractivity contribution in [3.05, 3.63) is 0 Å². The maximum atomic E-state index is 2.47. The van der Waals surface area contributed by atoms with Crippen molar-refractivity contribution < 1.29 is 0 Å². The van der Waals surface area contributed by atoms with E-state index in [-0.39, 0.29) is 0 Å². The van der Waals surface area contributed by atoms with Crippen molar-refractivity contribution in [3.63, 3.8) is 0 Å². The molecule has 0 saturated heterocycles. The minimum Gasteiger partial charge on any atom is -0.0861 e. The zero-order valence-electron chi connectivity index (χ0n) is 4.87. The molecule has 0 bridgehead atoms. The van der Waals surface area contributed by atoms with Gasteiger partial charge >= 0.3 is 0 Å². The average molecular weight is 210 g/mol. The number of rotatable bonds is 1. The van der Waals surface area contributed by atoms with Gasteiger partial charge in [0, 0.05) is 4.43 Å². The predicted molar refractivity (Wildman–Crippen MR) is 40.8 cm³/mol. The summed E-state index contributed by atoms with van der Waals surface area (Å²) >= 11 is 2.47. The summed E-state index contributed by atoms with van der Waals surface area (Å²) in [5, 5.41) is 0. The zero-order chi connectivity index (χ0) is 5.49. The monoisotopic (exact) mass is 210 g/mol. The van der Waals surface area contributed by atoms with Crippen molar-refractivity contribution >= 4 is 22.6 Å². The first-order valence-corrected chi connectivity index (χ1v) is 4.25. The fraction of sp³-hybridized carbons (Fsp3) is 1.00. The van der Waals surface area contributed by atoms with Crippen molar-refractivity contribution in [2.24, 2.45) is 11.3 Å². The maximum absolute atomic E-state index is 2.47. The van der Waals surface area contributed by atoms with E-state index in [1.165, 1.54) is 10.8 Å². The first kappa shape index (κ1) is 5.86. The molecule has 0 amide bonds. The van der Waals surface area contributed by atoms with E-state index in [1.807, 2.05) is 0 Å². The summed E-state index contributed by atoms with van der Waals surface area (Å²) < 4.78 is 1.35. The molecule has 1 aliphatic rings. The van der Waals surface area contributed by atoms with Crippen LogP contribution >= 0.6 is 22.6 Å². The lowest BCUT2D eigenvalue weighted by atomic mass is 10.1. The molecule has 1 fully saturated rings. The van der Waals surface area contributed by atoms with Gasteiger partial charge in [0.25, 0.3) is 0 Å². The van der Waals surface area contributed by atoms with Gasteiger partial charge in [-0.1, -0.05) is 36.4 Å². The third-order valence-electron chi connectivity index (χ3n) is 1.90. The minimum atomic E-state index is 0.710. The van der Waals surface area contributed by atoms with Crippen molar-refractivity contribution in [1.82, 2.24) is 0 Å². The largest absolute Gasteiger partial charge is 0.0861 e. The SMILES string of the molecule is CC1(C)C[C@H]1CI. The van der Waals surface area contributed by atoms with Crippen LogP contribution in [0.2, 0.25) is 0 Å². The Balaban J connectivity index is 2.30. The van der Waals surface area contributed by atoms with Gasteiger partial charge in [0.15, 0.2) is 0 Å². The summed E-state index contributed by atoms with van der Waals surface area (Å²) in [6.45, 7) is 4.69. The Hall–Kier alpha value is 0.730. The van der Waals surface area contributed by atoms with Crippen molar-refractivity contribution in [3.8, 4) is 0 Å². The van der Waals surface area contributed by atoms with E-state index in [0.29, 0.717) is 5.41 Å². The molecule has 1 rings (SSSR count). The van der Waals surface area contributed by atoms with Gasteiger partial charge in [0.05, 0.1) is 0 Å². The topological polar surface area (TPSA) is 0 Å². The van der Waals surface area contributed by atoms with Gasteiger partial charge in [-0.05, 0) is 17.8 Å². The van der Waals surface area contributed by atoms with Crippen LogP contribution in [-0.2, 0) is 0 Å².